The average Bonchev–Trinajstić information content (AvgIpc) is 3.18. The summed E-state index contributed by atoms with van der Waals surface area (Å²) in [6.07, 6.45) is 4.96. The van der Waals surface area contributed by atoms with Crippen molar-refractivity contribution in [2.24, 2.45) is 0 Å². The molecule has 144 valence electrons. The molecular formula is C22H22N2O3S. The first-order valence-corrected chi connectivity index (χ1v) is 10.7. The Hall–Kier alpha value is -2.86. The van der Waals surface area contributed by atoms with Gasteiger partial charge in [0.2, 0.25) is 0 Å². The Labute approximate surface area is 165 Å². The summed E-state index contributed by atoms with van der Waals surface area (Å²) in [5.74, 6) is 0.374. The predicted octanol–water partition coefficient (Wildman–Crippen LogP) is 4.07. The second-order valence-electron chi connectivity index (χ2n) is 6.75. The predicted molar refractivity (Wildman–Crippen MR) is 110 cm³/mol. The lowest BCUT2D eigenvalue weighted by Gasteiger charge is -2.21. The molecule has 3 aromatic rings. The molecule has 0 saturated carbocycles. The van der Waals surface area contributed by atoms with Gasteiger partial charge in [-0.1, -0.05) is 19.1 Å². The van der Waals surface area contributed by atoms with Crippen molar-refractivity contribution in [2.75, 3.05) is 18.0 Å². The number of pyridine rings is 1. The summed E-state index contributed by atoms with van der Waals surface area (Å²) < 4.78 is 33.7. The Morgan fingerprint density at radius 1 is 1.04 bits per heavy atom. The second kappa shape index (κ2) is 7.28. The van der Waals surface area contributed by atoms with Crippen molar-refractivity contribution in [1.82, 2.24) is 4.98 Å². The van der Waals surface area contributed by atoms with Crippen LogP contribution in [0.2, 0.25) is 0 Å². The number of benzene rings is 2. The average molecular weight is 394 g/mol. The lowest BCUT2D eigenvalue weighted by atomic mass is 10.0. The van der Waals surface area contributed by atoms with Crippen LogP contribution < -0.4 is 9.04 Å². The maximum atomic E-state index is 13.4. The van der Waals surface area contributed by atoms with Gasteiger partial charge in [-0.25, -0.2) is 8.42 Å². The van der Waals surface area contributed by atoms with E-state index in [2.05, 4.69) is 11.1 Å². The number of ether oxygens (including phenoxy) is 1. The van der Waals surface area contributed by atoms with E-state index in [1.807, 2.05) is 37.3 Å². The van der Waals surface area contributed by atoms with Crippen molar-refractivity contribution in [1.29, 1.82) is 0 Å². The Morgan fingerprint density at radius 3 is 2.54 bits per heavy atom. The highest BCUT2D eigenvalue weighted by atomic mass is 32.2. The van der Waals surface area contributed by atoms with E-state index in [0.29, 0.717) is 18.7 Å². The summed E-state index contributed by atoms with van der Waals surface area (Å²) in [5.41, 5.74) is 4.86. The zero-order chi connectivity index (χ0) is 19.7. The number of anilines is 1. The second-order valence-corrected chi connectivity index (χ2v) is 8.58. The summed E-state index contributed by atoms with van der Waals surface area (Å²) >= 11 is 0. The van der Waals surface area contributed by atoms with Gasteiger partial charge in [-0.05, 0) is 71.5 Å². The molecule has 0 amide bonds. The topological polar surface area (TPSA) is 59.5 Å². The van der Waals surface area contributed by atoms with Gasteiger partial charge in [-0.3, -0.25) is 9.29 Å². The molecule has 0 fully saturated rings. The molecule has 6 heteroatoms. The number of hydrogen-bond acceptors (Lipinski definition) is 4. The number of nitrogens with zero attached hydrogens (tertiary/aromatic N) is 2. The Morgan fingerprint density at radius 2 is 1.82 bits per heavy atom. The molecule has 0 bridgehead atoms. The van der Waals surface area contributed by atoms with Crippen molar-refractivity contribution >= 4 is 15.7 Å². The van der Waals surface area contributed by atoms with Gasteiger partial charge >= 0.3 is 0 Å². The van der Waals surface area contributed by atoms with E-state index in [9.17, 15) is 8.42 Å². The largest absolute Gasteiger partial charge is 0.495 e. The fourth-order valence-electron chi connectivity index (χ4n) is 3.61. The van der Waals surface area contributed by atoms with Gasteiger partial charge in [-0.2, -0.15) is 0 Å². The molecule has 0 spiro atoms. The first-order chi connectivity index (χ1) is 13.5. The van der Waals surface area contributed by atoms with Crippen molar-refractivity contribution in [2.45, 2.75) is 24.7 Å². The summed E-state index contributed by atoms with van der Waals surface area (Å²) in [6.45, 7) is 2.43. The molecule has 4 rings (SSSR count). The highest BCUT2D eigenvalue weighted by Gasteiger charge is 2.33. The maximum absolute atomic E-state index is 13.4. The monoisotopic (exact) mass is 394 g/mol. The smallest absolute Gasteiger partial charge is 0.268 e. The highest BCUT2D eigenvalue weighted by molar-refractivity contribution is 7.93. The van der Waals surface area contributed by atoms with Gasteiger partial charge in [0.25, 0.3) is 10.0 Å². The van der Waals surface area contributed by atoms with Gasteiger partial charge in [0.15, 0.2) is 0 Å². The third-order valence-corrected chi connectivity index (χ3v) is 6.98. The molecule has 2 heterocycles. The zero-order valence-electron chi connectivity index (χ0n) is 15.9. The molecule has 1 aliphatic rings. The number of fused-ring (bicyclic) bond motifs is 1. The van der Waals surface area contributed by atoms with Crippen LogP contribution in [-0.2, 0) is 22.9 Å². The lowest BCUT2D eigenvalue weighted by Crippen LogP contribution is -2.29. The Kier molecular flexibility index (Phi) is 4.81. The van der Waals surface area contributed by atoms with Gasteiger partial charge in [-0.15, -0.1) is 0 Å². The normalized spacial score (nSPS) is 13.4. The van der Waals surface area contributed by atoms with Crippen LogP contribution in [0.25, 0.3) is 11.1 Å². The molecule has 1 aliphatic heterocycles. The maximum Gasteiger partial charge on any atom is 0.268 e. The van der Waals surface area contributed by atoms with Crippen molar-refractivity contribution in [3.8, 4) is 16.9 Å². The number of hydrogen-bond donors (Lipinski definition) is 0. The summed E-state index contributed by atoms with van der Waals surface area (Å²) in [4.78, 5) is 4.27. The van der Waals surface area contributed by atoms with Crippen LogP contribution >= 0.6 is 0 Å². The first kappa shape index (κ1) is 18.5. The van der Waals surface area contributed by atoms with E-state index in [0.717, 1.165) is 34.4 Å². The zero-order valence-corrected chi connectivity index (χ0v) is 16.7. The van der Waals surface area contributed by atoms with E-state index in [4.69, 9.17) is 4.74 Å². The van der Waals surface area contributed by atoms with Crippen LogP contribution in [0.3, 0.4) is 0 Å². The Balaban J connectivity index is 1.75. The molecule has 1 aromatic heterocycles. The van der Waals surface area contributed by atoms with Crippen molar-refractivity contribution in [3.63, 3.8) is 0 Å². The standard InChI is InChI=1S/C22H22N2O3S/c1-3-16-4-7-21(27-2)22(14-16)28(25,26)24-13-10-19-15-18(5-6-20(19)24)17-8-11-23-12-9-17/h4-9,11-12,14-15H,3,10,13H2,1-2H3. The van der Waals surface area contributed by atoms with Crippen LogP contribution in [0.15, 0.2) is 65.8 Å². The Bertz CT molecular complexity index is 1110. The SMILES string of the molecule is CCc1ccc(OC)c(S(=O)(=O)N2CCc3cc(-c4ccncc4)ccc32)c1. The number of methoxy groups -OCH3 is 1. The third-order valence-electron chi connectivity index (χ3n) is 5.15. The molecule has 5 nitrogen and oxygen atoms in total. The molecule has 0 unspecified atom stereocenters. The quantitative estimate of drug-likeness (QED) is 0.654. The van der Waals surface area contributed by atoms with Gasteiger partial charge in [0.05, 0.1) is 12.8 Å². The summed E-state index contributed by atoms with van der Waals surface area (Å²) in [6, 6.07) is 15.2. The number of aryl methyl sites for hydroxylation is 1. The van der Waals surface area contributed by atoms with E-state index >= 15 is 0 Å². The molecule has 0 aliphatic carbocycles. The van der Waals surface area contributed by atoms with Crippen LogP contribution in [0, 0.1) is 0 Å². The minimum atomic E-state index is -3.71. The third kappa shape index (κ3) is 3.14. The van der Waals surface area contributed by atoms with E-state index in [1.54, 1.807) is 24.5 Å². The highest BCUT2D eigenvalue weighted by Crippen LogP contribution is 2.38. The summed E-state index contributed by atoms with van der Waals surface area (Å²) in [7, 11) is -2.21. The van der Waals surface area contributed by atoms with Gasteiger partial charge in [0, 0.05) is 18.9 Å². The number of rotatable bonds is 5. The van der Waals surface area contributed by atoms with Crippen LogP contribution in [0.1, 0.15) is 18.1 Å². The molecular weight excluding hydrogens is 372 g/mol. The molecule has 0 radical (unpaired) electrons. The first-order valence-electron chi connectivity index (χ1n) is 9.27. The van der Waals surface area contributed by atoms with Crippen LogP contribution in [0.4, 0.5) is 5.69 Å². The minimum Gasteiger partial charge on any atom is -0.495 e. The number of aromatic nitrogens is 1. The van der Waals surface area contributed by atoms with Crippen LogP contribution in [-0.4, -0.2) is 27.1 Å². The lowest BCUT2D eigenvalue weighted by molar-refractivity contribution is 0.402. The fraction of sp³-hybridized carbons (Fsp3) is 0.227. The summed E-state index contributed by atoms with van der Waals surface area (Å²) in [5, 5.41) is 0. The van der Waals surface area contributed by atoms with E-state index in [1.165, 1.54) is 11.4 Å². The molecule has 2 aromatic carbocycles. The van der Waals surface area contributed by atoms with Crippen LogP contribution in [0.5, 0.6) is 5.75 Å². The van der Waals surface area contributed by atoms with Gasteiger partial charge in [0.1, 0.15) is 10.6 Å². The van der Waals surface area contributed by atoms with E-state index < -0.39 is 10.0 Å². The molecule has 28 heavy (non-hydrogen) atoms. The molecule has 0 saturated heterocycles. The van der Waals surface area contributed by atoms with Crippen molar-refractivity contribution in [3.05, 3.63) is 72.1 Å². The number of sulfonamides is 1. The van der Waals surface area contributed by atoms with Crippen molar-refractivity contribution < 1.29 is 13.2 Å². The minimum absolute atomic E-state index is 0.223. The van der Waals surface area contributed by atoms with Gasteiger partial charge < -0.3 is 4.74 Å². The van der Waals surface area contributed by atoms with E-state index in [-0.39, 0.29) is 4.90 Å². The fourth-order valence-corrected chi connectivity index (χ4v) is 5.32. The molecule has 0 atom stereocenters. The molecule has 0 N–H and O–H groups in total.